The molecule has 4 rings (SSSR count). The van der Waals surface area contributed by atoms with Gasteiger partial charge in [-0.25, -0.2) is 9.07 Å². The summed E-state index contributed by atoms with van der Waals surface area (Å²) >= 11 is 0. The summed E-state index contributed by atoms with van der Waals surface area (Å²) < 4.78 is 16.4. The van der Waals surface area contributed by atoms with Gasteiger partial charge in [0.1, 0.15) is 11.4 Å². The van der Waals surface area contributed by atoms with E-state index in [0.29, 0.717) is 6.54 Å². The molecule has 0 radical (unpaired) electrons. The lowest BCUT2D eigenvalue weighted by Crippen LogP contribution is -2.34. The molecule has 0 saturated carbocycles. The van der Waals surface area contributed by atoms with Gasteiger partial charge >= 0.3 is 0 Å². The van der Waals surface area contributed by atoms with E-state index in [1.165, 1.54) is 22.8 Å². The van der Waals surface area contributed by atoms with E-state index in [4.69, 9.17) is 0 Å². The van der Waals surface area contributed by atoms with E-state index in [1.54, 1.807) is 35.3 Å². The van der Waals surface area contributed by atoms with Gasteiger partial charge in [-0.2, -0.15) is 5.10 Å². The molecule has 2 aromatic heterocycles. The summed E-state index contributed by atoms with van der Waals surface area (Å²) in [7, 11) is 0. The van der Waals surface area contributed by atoms with Crippen molar-refractivity contribution in [1.29, 1.82) is 0 Å². The van der Waals surface area contributed by atoms with Crippen LogP contribution in [0.15, 0.2) is 83.9 Å². The van der Waals surface area contributed by atoms with Gasteiger partial charge in [0.25, 0.3) is 11.5 Å². The Labute approximate surface area is 185 Å². The van der Waals surface area contributed by atoms with Crippen molar-refractivity contribution < 1.29 is 9.18 Å². The fraction of sp³-hybridized carbons (Fsp3) is 0.160. The second-order valence-electron chi connectivity index (χ2n) is 7.61. The van der Waals surface area contributed by atoms with Crippen LogP contribution in [0.5, 0.6) is 0 Å². The second kappa shape index (κ2) is 9.01. The third-order valence-corrected chi connectivity index (χ3v) is 5.39. The van der Waals surface area contributed by atoms with Gasteiger partial charge < -0.3 is 9.88 Å². The first-order chi connectivity index (χ1) is 15.4. The minimum Gasteiger partial charge on any atom is -0.345 e. The van der Waals surface area contributed by atoms with Crippen LogP contribution in [0.3, 0.4) is 0 Å². The Morgan fingerprint density at radius 1 is 1.06 bits per heavy atom. The van der Waals surface area contributed by atoms with E-state index in [-0.39, 0.29) is 23.0 Å². The Kier molecular flexibility index (Phi) is 5.98. The van der Waals surface area contributed by atoms with Crippen molar-refractivity contribution in [3.05, 3.63) is 118 Å². The van der Waals surface area contributed by atoms with Crippen molar-refractivity contribution in [1.82, 2.24) is 19.7 Å². The first kappa shape index (κ1) is 21.2. The highest BCUT2D eigenvalue weighted by Crippen LogP contribution is 2.20. The van der Waals surface area contributed by atoms with Gasteiger partial charge in [0.05, 0.1) is 24.5 Å². The molecule has 1 unspecified atom stereocenters. The Hall–Kier alpha value is -4.00. The van der Waals surface area contributed by atoms with Crippen LogP contribution < -0.4 is 10.9 Å². The summed E-state index contributed by atoms with van der Waals surface area (Å²) in [5.41, 5.74) is 3.06. The van der Waals surface area contributed by atoms with E-state index in [2.05, 4.69) is 10.4 Å². The summed E-state index contributed by atoms with van der Waals surface area (Å²) in [4.78, 5) is 25.8. The minimum atomic E-state index is -0.446. The summed E-state index contributed by atoms with van der Waals surface area (Å²) in [6.45, 7) is 4.10. The zero-order chi connectivity index (χ0) is 22.7. The maximum absolute atomic E-state index is 13.2. The van der Waals surface area contributed by atoms with Crippen LogP contribution in [0, 0.1) is 12.7 Å². The molecule has 0 fully saturated rings. The predicted octanol–water partition coefficient (Wildman–Crippen LogP) is 4.02. The molecule has 0 spiro atoms. The van der Waals surface area contributed by atoms with Crippen molar-refractivity contribution in [3.63, 3.8) is 0 Å². The highest BCUT2D eigenvalue weighted by atomic mass is 19.1. The molecule has 162 valence electrons. The highest BCUT2D eigenvalue weighted by Gasteiger charge is 2.19. The van der Waals surface area contributed by atoms with Crippen molar-refractivity contribution in [2.24, 2.45) is 0 Å². The molecule has 0 aliphatic rings. The van der Waals surface area contributed by atoms with Crippen LogP contribution in [0.2, 0.25) is 0 Å². The predicted molar refractivity (Wildman–Crippen MR) is 120 cm³/mol. The maximum Gasteiger partial charge on any atom is 0.263 e. The minimum absolute atomic E-state index is 0.0823. The lowest BCUT2D eigenvalue weighted by Gasteiger charge is -2.15. The lowest BCUT2D eigenvalue weighted by molar-refractivity contribution is 0.0937. The van der Waals surface area contributed by atoms with Gasteiger partial charge in [0.15, 0.2) is 0 Å². The maximum atomic E-state index is 13.2. The van der Waals surface area contributed by atoms with Crippen LogP contribution in [0.1, 0.15) is 40.1 Å². The SMILES string of the molecule is Cc1c(C(C)NC(=O)c2cccn(Cc3ccccc3)c2=O)cnn1-c1ccc(F)cc1. The van der Waals surface area contributed by atoms with Crippen LogP contribution >= 0.6 is 0 Å². The van der Waals surface area contributed by atoms with Crippen LogP contribution in [-0.4, -0.2) is 20.3 Å². The molecule has 1 N–H and O–H groups in total. The Morgan fingerprint density at radius 2 is 1.78 bits per heavy atom. The van der Waals surface area contributed by atoms with E-state index < -0.39 is 5.91 Å². The number of carbonyl (C=O) groups is 1. The number of amides is 1. The molecule has 0 aliphatic heterocycles. The Bertz CT molecular complexity index is 1290. The van der Waals surface area contributed by atoms with Gasteiger partial charge in [-0.15, -0.1) is 0 Å². The molecule has 0 saturated heterocycles. The third kappa shape index (κ3) is 4.37. The number of nitrogens with zero attached hydrogens (tertiary/aromatic N) is 3. The number of benzene rings is 2. The normalized spacial score (nSPS) is 11.8. The number of pyridine rings is 1. The van der Waals surface area contributed by atoms with Crippen molar-refractivity contribution in [2.45, 2.75) is 26.4 Å². The summed E-state index contributed by atoms with van der Waals surface area (Å²) in [6.07, 6.45) is 3.34. The molecule has 4 aromatic rings. The molecular formula is C25H23FN4O2. The van der Waals surface area contributed by atoms with E-state index in [1.807, 2.05) is 44.2 Å². The second-order valence-corrected chi connectivity index (χ2v) is 7.61. The van der Waals surface area contributed by atoms with Crippen LogP contribution in [-0.2, 0) is 6.54 Å². The van der Waals surface area contributed by atoms with E-state index in [0.717, 1.165) is 22.5 Å². The van der Waals surface area contributed by atoms with Gasteiger partial charge in [-0.05, 0) is 55.8 Å². The van der Waals surface area contributed by atoms with Crippen molar-refractivity contribution in [3.8, 4) is 5.69 Å². The number of halogens is 1. The smallest absolute Gasteiger partial charge is 0.263 e. The first-order valence-corrected chi connectivity index (χ1v) is 10.3. The summed E-state index contributed by atoms with van der Waals surface area (Å²) in [5.74, 6) is -0.765. The number of aromatic nitrogens is 3. The monoisotopic (exact) mass is 430 g/mol. The van der Waals surface area contributed by atoms with Crippen molar-refractivity contribution in [2.75, 3.05) is 0 Å². The standard InChI is InChI=1S/C25H23FN4O2/c1-17(23-15-27-30(18(23)2)21-12-10-20(26)11-13-21)28-24(31)22-9-6-14-29(25(22)32)16-19-7-4-3-5-8-19/h3-15,17H,16H2,1-2H3,(H,28,31). The molecule has 6 nitrogen and oxygen atoms in total. The zero-order valence-electron chi connectivity index (χ0n) is 17.8. The first-order valence-electron chi connectivity index (χ1n) is 10.3. The Balaban J connectivity index is 1.53. The highest BCUT2D eigenvalue weighted by molar-refractivity contribution is 5.94. The molecule has 2 heterocycles. The number of nitrogens with one attached hydrogen (secondary N) is 1. The van der Waals surface area contributed by atoms with Crippen molar-refractivity contribution >= 4 is 5.91 Å². The molecule has 2 aromatic carbocycles. The molecule has 1 amide bonds. The summed E-state index contributed by atoms with van der Waals surface area (Å²) in [5, 5.41) is 7.27. The molecule has 0 bridgehead atoms. The number of carbonyl (C=O) groups excluding carboxylic acids is 1. The fourth-order valence-electron chi connectivity index (χ4n) is 3.66. The molecule has 0 aliphatic carbocycles. The van der Waals surface area contributed by atoms with Gasteiger partial charge in [0, 0.05) is 17.5 Å². The lowest BCUT2D eigenvalue weighted by atomic mass is 10.1. The van der Waals surface area contributed by atoms with Crippen LogP contribution in [0.25, 0.3) is 5.69 Å². The van der Waals surface area contributed by atoms with Crippen LogP contribution in [0.4, 0.5) is 4.39 Å². The third-order valence-electron chi connectivity index (χ3n) is 5.39. The topological polar surface area (TPSA) is 68.9 Å². The average molecular weight is 430 g/mol. The van der Waals surface area contributed by atoms with Gasteiger partial charge in [-0.3, -0.25) is 9.59 Å². The fourth-order valence-corrected chi connectivity index (χ4v) is 3.66. The molecule has 1 atom stereocenters. The molecule has 7 heteroatoms. The molecular weight excluding hydrogens is 407 g/mol. The quantitative estimate of drug-likeness (QED) is 0.502. The number of rotatable bonds is 6. The van der Waals surface area contributed by atoms with E-state index in [9.17, 15) is 14.0 Å². The number of hydrogen-bond acceptors (Lipinski definition) is 3. The van der Waals surface area contributed by atoms with E-state index >= 15 is 0 Å². The Morgan fingerprint density at radius 3 is 2.50 bits per heavy atom. The zero-order valence-corrected chi connectivity index (χ0v) is 17.8. The summed E-state index contributed by atoms with van der Waals surface area (Å²) in [6, 6.07) is 18.5. The number of hydrogen-bond donors (Lipinski definition) is 1. The average Bonchev–Trinajstić information content (AvgIpc) is 3.18. The largest absolute Gasteiger partial charge is 0.345 e. The van der Waals surface area contributed by atoms with Gasteiger partial charge in [-0.1, -0.05) is 30.3 Å². The molecule has 32 heavy (non-hydrogen) atoms. The van der Waals surface area contributed by atoms with Gasteiger partial charge in [0.2, 0.25) is 0 Å².